The van der Waals surface area contributed by atoms with Gasteiger partial charge in [0.1, 0.15) is 0 Å². The second kappa shape index (κ2) is 7.34. The number of nitrogens with zero attached hydrogens (tertiary/aromatic N) is 3. The highest BCUT2D eigenvalue weighted by Crippen LogP contribution is 2.33. The van der Waals surface area contributed by atoms with Gasteiger partial charge >= 0.3 is 6.03 Å². The van der Waals surface area contributed by atoms with E-state index in [1.807, 2.05) is 18.2 Å². The minimum atomic E-state index is -0.505. The fraction of sp³-hybridized carbons (Fsp3) is 0.474. The first-order valence-electron chi connectivity index (χ1n) is 9.33. The van der Waals surface area contributed by atoms with Gasteiger partial charge in [-0.3, -0.25) is 19.1 Å². The van der Waals surface area contributed by atoms with Crippen LogP contribution in [0.1, 0.15) is 38.6 Å². The Labute approximate surface area is 161 Å². The van der Waals surface area contributed by atoms with Crippen LogP contribution in [0.15, 0.2) is 34.2 Å². The number of carbonyl (C=O) groups excluding carboxylic acids is 2. The molecule has 2 aromatic rings. The van der Waals surface area contributed by atoms with Crippen molar-refractivity contribution in [1.82, 2.24) is 19.8 Å². The number of thioether (sulfide) groups is 1. The molecule has 1 saturated carbocycles. The summed E-state index contributed by atoms with van der Waals surface area (Å²) in [5.74, 6) is -0.254. The lowest BCUT2D eigenvalue weighted by Gasteiger charge is -2.22. The van der Waals surface area contributed by atoms with E-state index in [1.54, 1.807) is 17.6 Å². The zero-order valence-electron chi connectivity index (χ0n) is 15.2. The van der Waals surface area contributed by atoms with Crippen molar-refractivity contribution in [2.75, 3.05) is 13.1 Å². The lowest BCUT2D eigenvalue weighted by Crippen LogP contribution is -2.39. The third-order valence-electron chi connectivity index (χ3n) is 5.22. The van der Waals surface area contributed by atoms with Crippen molar-refractivity contribution in [2.45, 2.75) is 49.1 Å². The summed E-state index contributed by atoms with van der Waals surface area (Å²) in [5.41, 5.74) is 0.589. The summed E-state index contributed by atoms with van der Waals surface area (Å²) in [5, 5.41) is 3.30. The first kappa shape index (κ1) is 18.0. The van der Waals surface area contributed by atoms with E-state index in [0.29, 0.717) is 29.1 Å². The Morgan fingerprint density at radius 3 is 2.70 bits per heavy atom. The van der Waals surface area contributed by atoms with Crippen LogP contribution >= 0.6 is 11.8 Å². The summed E-state index contributed by atoms with van der Waals surface area (Å²) >= 11 is 1.26. The molecule has 7 nitrogen and oxygen atoms in total. The quantitative estimate of drug-likeness (QED) is 0.645. The van der Waals surface area contributed by atoms with Gasteiger partial charge in [0.05, 0.1) is 16.2 Å². The van der Waals surface area contributed by atoms with Gasteiger partial charge in [-0.2, -0.15) is 0 Å². The van der Waals surface area contributed by atoms with Crippen LogP contribution in [0, 0.1) is 0 Å². The Morgan fingerprint density at radius 1 is 1.26 bits per heavy atom. The SMILES string of the molecule is CC(Sc1nc2ccccc2c(=O)n1C1CCCC1)C(=O)N1CCNC1=O. The number of amides is 3. The summed E-state index contributed by atoms with van der Waals surface area (Å²) in [6.45, 7) is 2.62. The molecule has 1 saturated heterocycles. The molecule has 3 amide bonds. The van der Waals surface area contributed by atoms with E-state index in [1.165, 1.54) is 16.7 Å². The van der Waals surface area contributed by atoms with E-state index in [4.69, 9.17) is 4.98 Å². The number of imide groups is 1. The van der Waals surface area contributed by atoms with Crippen molar-refractivity contribution in [1.29, 1.82) is 0 Å². The Balaban J connectivity index is 1.71. The molecule has 0 bridgehead atoms. The third-order valence-corrected chi connectivity index (χ3v) is 6.27. The lowest BCUT2D eigenvalue weighted by atomic mass is 10.2. The molecular formula is C19H22N4O3S. The highest BCUT2D eigenvalue weighted by Gasteiger charge is 2.32. The van der Waals surface area contributed by atoms with E-state index in [0.717, 1.165) is 25.7 Å². The molecule has 8 heteroatoms. The molecule has 27 heavy (non-hydrogen) atoms. The molecule has 2 heterocycles. The van der Waals surface area contributed by atoms with Crippen molar-refractivity contribution < 1.29 is 9.59 Å². The minimum Gasteiger partial charge on any atom is -0.336 e. The predicted molar refractivity (Wildman–Crippen MR) is 104 cm³/mol. The summed E-state index contributed by atoms with van der Waals surface area (Å²) in [6, 6.07) is 7.08. The monoisotopic (exact) mass is 386 g/mol. The molecule has 142 valence electrons. The molecule has 1 aromatic carbocycles. The Kier molecular flexibility index (Phi) is 4.90. The first-order chi connectivity index (χ1) is 13.1. The normalized spacial score (nSPS) is 18.9. The minimum absolute atomic E-state index is 0.0476. The lowest BCUT2D eigenvalue weighted by molar-refractivity contribution is -0.126. The number of hydrogen-bond acceptors (Lipinski definition) is 5. The van der Waals surface area contributed by atoms with Crippen molar-refractivity contribution in [3.8, 4) is 0 Å². The molecule has 1 aromatic heterocycles. The summed E-state index contributed by atoms with van der Waals surface area (Å²) in [6.07, 6.45) is 4.08. The Bertz CT molecular complexity index is 952. The number of carbonyl (C=O) groups is 2. The number of para-hydroxylation sites is 1. The van der Waals surface area contributed by atoms with Crippen LogP contribution in [0.3, 0.4) is 0 Å². The van der Waals surface area contributed by atoms with Crippen LogP contribution in [0.4, 0.5) is 4.79 Å². The van der Waals surface area contributed by atoms with Gasteiger partial charge in [-0.1, -0.05) is 36.7 Å². The van der Waals surface area contributed by atoms with Crippen LogP contribution in [0.2, 0.25) is 0 Å². The van der Waals surface area contributed by atoms with E-state index in [9.17, 15) is 14.4 Å². The van der Waals surface area contributed by atoms with E-state index in [2.05, 4.69) is 5.32 Å². The number of aromatic nitrogens is 2. The van der Waals surface area contributed by atoms with Crippen molar-refractivity contribution in [3.05, 3.63) is 34.6 Å². The molecule has 4 rings (SSSR count). The second-order valence-corrected chi connectivity index (χ2v) is 8.31. The van der Waals surface area contributed by atoms with Gasteiger partial charge in [-0.15, -0.1) is 0 Å². The molecule has 1 atom stereocenters. The smallest absolute Gasteiger partial charge is 0.324 e. The maximum Gasteiger partial charge on any atom is 0.324 e. The number of fused-ring (bicyclic) bond motifs is 1. The largest absolute Gasteiger partial charge is 0.336 e. The van der Waals surface area contributed by atoms with Gasteiger partial charge in [0.2, 0.25) is 5.91 Å². The average Bonchev–Trinajstić information content (AvgIpc) is 3.33. The van der Waals surface area contributed by atoms with Crippen LogP contribution in [-0.2, 0) is 4.79 Å². The third kappa shape index (κ3) is 3.34. The topological polar surface area (TPSA) is 84.3 Å². The summed E-state index contributed by atoms with van der Waals surface area (Å²) in [7, 11) is 0. The van der Waals surface area contributed by atoms with Gasteiger partial charge in [0, 0.05) is 19.1 Å². The van der Waals surface area contributed by atoms with Gasteiger partial charge in [0.15, 0.2) is 5.16 Å². The fourth-order valence-electron chi connectivity index (χ4n) is 3.80. The highest BCUT2D eigenvalue weighted by molar-refractivity contribution is 8.00. The van der Waals surface area contributed by atoms with Gasteiger partial charge in [0.25, 0.3) is 5.56 Å². The van der Waals surface area contributed by atoms with Gasteiger partial charge in [-0.25, -0.2) is 9.78 Å². The van der Waals surface area contributed by atoms with Crippen LogP contribution < -0.4 is 10.9 Å². The summed E-state index contributed by atoms with van der Waals surface area (Å²) < 4.78 is 1.77. The van der Waals surface area contributed by atoms with E-state index >= 15 is 0 Å². The molecule has 1 N–H and O–H groups in total. The Morgan fingerprint density at radius 2 is 2.00 bits per heavy atom. The Hall–Kier alpha value is -2.35. The standard InChI is InChI=1S/C19H22N4O3S/c1-12(16(24)22-11-10-20-18(22)26)27-19-21-15-9-5-4-8-14(15)17(25)23(19)13-6-2-3-7-13/h4-5,8-9,12-13H,2-3,6-7,10-11H2,1H3,(H,20,26). The van der Waals surface area contributed by atoms with E-state index in [-0.39, 0.29) is 23.5 Å². The van der Waals surface area contributed by atoms with Gasteiger partial charge in [-0.05, 0) is 31.9 Å². The number of hydrogen-bond donors (Lipinski definition) is 1. The average molecular weight is 386 g/mol. The van der Waals surface area contributed by atoms with Crippen molar-refractivity contribution >= 4 is 34.6 Å². The maximum atomic E-state index is 13.1. The zero-order valence-corrected chi connectivity index (χ0v) is 16.0. The molecular weight excluding hydrogens is 364 g/mol. The molecule has 1 unspecified atom stereocenters. The van der Waals surface area contributed by atoms with Crippen molar-refractivity contribution in [3.63, 3.8) is 0 Å². The predicted octanol–water partition coefficient (Wildman–Crippen LogP) is 2.54. The highest BCUT2D eigenvalue weighted by atomic mass is 32.2. The van der Waals surface area contributed by atoms with Crippen LogP contribution in [0.5, 0.6) is 0 Å². The molecule has 1 aliphatic carbocycles. The summed E-state index contributed by atoms with van der Waals surface area (Å²) in [4.78, 5) is 43.5. The maximum absolute atomic E-state index is 13.1. The molecule has 2 aliphatic rings. The molecule has 2 fully saturated rings. The first-order valence-corrected chi connectivity index (χ1v) is 10.2. The second-order valence-electron chi connectivity index (χ2n) is 7.01. The van der Waals surface area contributed by atoms with Crippen LogP contribution in [-0.4, -0.2) is 44.7 Å². The van der Waals surface area contributed by atoms with Crippen LogP contribution in [0.25, 0.3) is 10.9 Å². The van der Waals surface area contributed by atoms with E-state index < -0.39 is 5.25 Å². The number of benzene rings is 1. The molecule has 1 aliphatic heterocycles. The zero-order chi connectivity index (χ0) is 19.0. The number of nitrogens with one attached hydrogen (secondary N) is 1. The van der Waals surface area contributed by atoms with Crippen molar-refractivity contribution in [2.24, 2.45) is 0 Å². The van der Waals surface area contributed by atoms with Gasteiger partial charge < -0.3 is 5.32 Å². The molecule has 0 spiro atoms. The number of urea groups is 1. The molecule has 0 radical (unpaired) electrons. The number of rotatable bonds is 4. The fourth-order valence-corrected chi connectivity index (χ4v) is 4.84.